The van der Waals surface area contributed by atoms with Crippen molar-refractivity contribution >= 4 is 11.3 Å². The quantitative estimate of drug-likeness (QED) is 0.725. The Kier molecular flexibility index (Phi) is 5.75. The van der Waals surface area contributed by atoms with Crippen molar-refractivity contribution in [2.75, 3.05) is 13.2 Å². The second-order valence-corrected chi connectivity index (χ2v) is 4.32. The highest BCUT2D eigenvalue weighted by molar-refractivity contribution is 7.09. The highest BCUT2D eigenvalue weighted by Gasteiger charge is 2.04. The highest BCUT2D eigenvalue weighted by Crippen LogP contribution is 2.07. The van der Waals surface area contributed by atoms with Crippen molar-refractivity contribution in [1.29, 1.82) is 0 Å². The summed E-state index contributed by atoms with van der Waals surface area (Å²) in [6.07, 6.45) is 3.83. The van der Waals surface area contributed by atoms with Gasteiger partial charge in [-0.2, -0.15) is 0 Å². The number of nitrogens with one attached hydrogen (secondary N) is 1. The van der Waals surface area contributed by atoms with Crippen molar-refractivity contribution in [2.45, 2.75) is 26.3 Å². The van der Waals surface area contributed by atoms with Crippen LogP contribution in [0.1, 0.15) is 24.8 Å². The lowest BCUT2D eigenvalue weighted by molar-refractivity contribution is 0.251. The Labute approximate surface area is 89.2 Å². The largest absolute Gasteiger partial charge is 0.396 e. The number of nitrogens with zero attached hydrogens (tertiary/aromatic N) is 1. The van der Waals surface area contributed by atoms with E-state index in [1.807, 2.05) is 11.6 Å². The SMILES string of the molecule is CCC(CCO)CNCc1nccs1. The molecule has 0 radical (unpaired) electrons. The molecule has 14 heavy (non-hydrogen) atoms. The molecule has 0 spiro atoms. The van der Waals surface area contributed by atoms with Crippen LogP contribution in [0.4, 0.5) is 0 Å². The van der Waals surface area contributed by atoms with Gasteiger partial charge in [0.15, 0.2) is 0 Å². The topological polar surface area (TPSA) is 45.1 Å². The van der Waals surface area contributed by atoms with Crippen molar-refractivity contribution in [3.8, 4) is 0 Å². The zero-order valence-corrected chi connectivity index (χ0v) is 9.39. The van der Waals surface area contributed by atoms with Crippen LogP contribution in [0.25, 0.3) is 0 Å². The number of aliphatic hydroxyl groups excluding tert-OH is 1. The molecule has 0 amide bonds. The zero-order chi connectivity index (χ0) is 10.2. The van der Waals surface area contributed by atoms with E-state index in [1.165, 1.54) is 0 Å². The number of hydrogen-bond donors (Lipinski definition) is 2. The summed E-state index contributed by atoms with van der Waals surface area (Å²) in [4.78, 5) is 4.19. The maximum absolute atomic E-state index is 8.81. The summed E-state index contributed by atoms with van der Waals surface area (Å²) in [5, 5.41) is 15.3. The molecular weight excluding hydrogens is 196 g/mol. The van der Waals surface area contributed by atoms with Crippen molar-refractivity contribution < 1.29 is 5.11 Å². The van der Waals surface area contributed by atoms with E-state index in [1.54, 1.807) is 11.3 Å². The number of hydrogen-bond acceptors (Lipinski definition) is 4. The first-order chi connectivity index (χ1) is 6.86. The van der Waals surface area contributed by atoms with Crippen LogP contribution >= 0.6 is 11.3 Å². The van der Waals surface area contributed by atoms with Gasteiger partial charge in [-0.15, -0.1) is 11.3 Å². The Morgan fingerprint density at radius 3 is 3.07 bits per heavy atom. The summed E-state index contributed by atoms with van der Waals surface area (Å²) in [5.74, 6) is 0.583. The number of aliphatic hydroxyl groups is 1. The predicted molar refractivity (Wildman–Crippen MR) is 59.3 cm³/mol. The van der Waals surface area contributed by atoms with E-state index >= 15 is 0 Å². The molecule has 1 unspecified atom stereocenters. The van der Waals surface area contributed by atoms with Crippen molar-refractivity contribution in [3.05, 3.63) is 16.6 Å². The van der Waals surface area contributed by atoms with E-state index in [-0.39, 0.29) is 6.61 Å². The minimum atomic E-state index is 0.289. The summed E-state index contributed by atoms with van der Waals surface area (Å²) in [6.45, 7) is 4.26. The second-order valence-electron chi connectivity index (χ2n) is 3.34. The third kappa shape index (κ3) is 4.17. The minimum absolute atomic E-state index is 0.289. The van der Waals surface area contributed by atoms with Gasteiger partial charge in [-0.05, 0) is 18.9 Å². The predicted octanol–water partition coefficient (Wildman–Crippen LogP) is 1.64. The Bertz CT molecular complexity index is 226. The average molecular weight is 214 g/mol. The van der Waals surface area contributed by atoms with E-state index in [9.17, 15) is 0 Å². The fourth-order valence-corrected chi connectivity index (χ4v) is 1.94. The Morgan fingerprint density at radius 2 is 2.50 bits per heavy atom. The monoisotopic (exact) mass is 214 g/mol. The summed E-state index contributed by atoms with van der Waals surface area (Å²) < 4.78 is 0. The minimum Gasteiger partial charge on any atom is -0.396 e. The Hall–Kier alpha value is -0.450. The molecule has 0 aromatic carbocycles. The molecule has 0 saturated heterocycles. The molecule has 1 aromatic rings. The van der Waals surface area contributed by atoms with E-state index < -0.39 is 0 Å². The average Bonchev–Trinajstić information content (AvgIpc) is 2.69. The zero-order valence-electron chi connectivity index (χ0n) is 8.57. The molecule has 80 valence electrons. The maximum atomic E-state index is 8.81. The molecule has 0 aliphatic rings. The van der Waals surface area contributed by atoms with Gasteiger partial charge in [0.05, 0.1) is 0 Å². The van der Waals surface area contributed by atoms with Crippen LogP contribution in [0.3, 0.4) is 0 Å². The van der Waals surface area contributed by atoms with Crippen molar-refractivity contribution in [2.24, 2.45) is 5.92 Å². The summed E-state index contributed by atoms with van der Waals surface area (Å²) in [5.41, 5.74) is 0. The van der Waals surface area contributed by atoms with Crippen LogP contribution < -0.4 is 5.32 Å². The smallest absolute Gasteiger partial charge is 0.106 e. The summed E-state index contributed by atoms with van der Waals surface area (Å²) in [7, 11) is 0. The van der Waals surface area contributed by atoms with Crippen LogP contribution in [0, 0.1) is 5.92 Å². The van der Waals surface area contributed by atoms with Crippen LogP contribution in [-0.4, -0.2) is 23.2 Å². The molecule has 0 aliphatic heterocycles. The normalized spacial score (nSPS) is 13.0. The third-order valence-electron chi connectivity index (χ3n) is 2.31. The molecule has 2 N–H and O–H groups in total. The Balaban J connectivity index is 2.13. The van der Waals surface area contributed by atoms with Gasteiger partial charge in [0.2, 0.25) is 0 Å². The van der Waals surface area contributed by atoms with Gasteiger partial charge in [0.1, 0.15) is 5.01 Å². The number of aromatic nitrogens is 1. The molecule has 0 saturated carbocycles. The molecule has 4 heteroatoms. The van der Waals surface area contributed by atoms with Crippen molar-refractivity contribution in [3.63, 3.8) is 0 Å². The molecule has 3 nitrogen and oxygen atoms in total. The van der Waals surface area contributed by atoms with E-state index in [0.717, 1.165) is 30.9 Å². The van der Waals surface area contributed by atoms with E-state index in [2.05, 4.69) is 17.2 Å². The van der Waals surface area contributed by atoms with E-state index in [0.29, 0.717) is 5.92 Å². The first-order valence-corrected chi connectivity index (χ1v) is 5.94. The molecular formula is C10H18N2OS. The van der Waals surface area contributed by atoms with Gasteiger partial charge < -0.3 is 10.4 Å². The standard InChI is InChI=1S/C10H18N2OS/c1-2-9(3-5-13)7-11-8-10-12-4-6-14-10/h4,6,9,11,13H,2-3,5,7-8H2,1H3. The van der Waals surface area contributed by atoms with Crippen molar-refractivity contribution in [1.82, 2.24) is 10.3 Å². The molecule has 0 bridgehead atoms. The first-order valence-electron chi connectivity index (χ1n) is 5.06. The molecule has 1 aromatic heterocycles. The third-order valence-corrected chi connectivity index (χ3v) is 3.09. The van der Waals surface area contributed by atoms with Gasteiger partial charge in [0, 0.05) is 24.7 Å². The molecule has 1 heterocycles. The van der Waals surface area contributed by atoms with Gasteiger partial charge in [0.25, 0.3) is 0 Å². The lowest BCUT2D eigenvalue weighted by Gasteiger charge is -2.13. The molecule has 0 aliphatic carbocycles. The molecule has 1 rings (SSSR count). The molecule has 0 fully saturated rings. The lowest BCUT2D eigenvalue weighted by Crippen LogP contribution is -2.22. The van der Waals surface area contributed by atoms with Gasteiger partial charge >= 0.3 is 0 Å². The van der Waals surface area contributed by atoms with Crippen LogP contribution in [0.2, 0.25) is 0 Å². The van der Waals surface area contributed by atoms with Gasteiger partial charge in [-0.1, -0.05) is 13.3 Å². The number of rotatable bonds is 7. The fraction of sp³-hybridized carbons (Fsp3) is 0.700. The first kappa shape index (κ1) is 11.6. The number of thiazole rings is 1. The second kappa shape index (κ2) is 6.92. The van der Waals surface area contributed by atoms with Crippen LogP contribution in [0.15, 0.2) is 11.6 Å². The highest BCUT2D eigenvalue weighted by atomic mass is 32.1. The summed E-state index contributed by atoms with van der Waals surface area (Å²) in [6, 6.07) is 0. The lowest BCUT2D eigenvalue weighted by atomic mass is 10.0. The fourth-order valence-electron chi connectivity index (χ4n) is 1.36. The van der Waals surface area contributed by atoms with Crippen LogP contribution in [0.5, 0.6) is 0 Å². The maximum Gasteiger partial charge on any atom is 0.106 e. The van der Waals surface area contributed by atoms with E-state index in [4.69, 9.17) is 5.11 Å². The summed E-state index contributed by atoms with van der Waals surface area (Å²) >= 11 is 1.67. The van der Waals surface area contributed by atoms with Gasteiger partial charge in [-0.25, -0.2) is 4.98 Å². The molecule has 1 atom stereocenters. The van der Waals surface area contributed by atoms with Crippen LogP contribution in [-0.2, 0) is 6.54 Å². The van der Waals surface area contributed by atoms with Gasteiger partial charge in [-0.3, -0.25) is 0 Å². The Morgan fingerprint density at radius 1 is 1.64 bits per heavy atom.